The number of benzene rings is 2. The van der Waals surface area contributed by atoms with Gasteiger partial charge in [0.25, 0.3) is 0 Å². The first-order valence-electron chi connectivity index (χ1n) is 9.26. The molecule has 2 aromatic rings. The fourth-order valence-electron chi connectivity index (χ4n) is 3.64. The first kappa shape index (κ1) is 20.5. The topological polar surface area (TPSA) is 80.7 Å². The zero-order chi connectivity index (χ0) is 22.3. The van der Waals surface area contributed by atoms with Crippen molar-refractivity contribution in [3.63, 3.8) is 0 Å². The highest BCUT2D eigenvalue weighted by Gasteiger charge is 2.42. The number of rotatable bonds is 3. The van der Waals surface area contributed by atoms with E-state index in [9.17, 15) is 18.4 Å². The second-order valence-electron chi connectivity index (χ2n) is 7.16. The lowest BCUT2D eigenvalue weighted by molar-refractivity contribution is 0.313. The van der Waals surface area contributed by atoms with E-state index in [-0.39, 0.29) is 17.1 Å². The Balaban J connectivity index is 1.91. The highest BCUT2D eigenvalue weighted by molar-refractivity contribution is 6.15. The molecule has 2 heterocycles. The molecule has 31 heavy (non-hydrogen) atoms. The van der Waals surface area contributed by atoms with E-state index in [1.54, 1.807) is 25.1 Å². The molecule has 0 saturated carbocycles. The van der Waals surface area contributed by atoms with Crippen LogP contribution in [0.3, 0.4) is 0 Å². The highest BCUT2D eigenvalue weighted by Crippen LogP contribution is 2.39. The van der Waals surface area contributed by atoms with Gasteiger partial charge in [-0.2, -0.15) is 0 Å². The Bertz CT molecular complexity index is 1120. The molecule has 3 N–H and O–H groups in total. The third-order valence-corrected chi connectivity index (χ3v) is 4.97. The summed E-state index contributed by atoms with van der Waals surface area (Å²) in [5, 5.41) is 14.4. The van der Waals surface area contributed by atoms with E-state index in [1.807, 2.05) is 0 Å². The van der Waals surface area contributed by atoms with Crippen molar-refractivity contribution in [1.29, 1.82) is 0 Å². The SMILES string of the molecule is CN(C)C1=NC=C2C=C(/C(=N/O)c3ccc(F)cc3)N(c3c(F)cccc3F)C2N1N. The number of nitrogens with two attached hydrogens (primary N) is 1. The van der Waals surface area contributed by atoms with Crippen LogP contribution < -0.4 is 10.7 Å². The largest absolute Gasteiger partial charge is 0.410 e. The van der Waals surface area contributed by atoms with Crippen LogP contribution in [0.15, 0.2) is 76.2 Å². The molecule has 1 unspecified atom stereocenters. The average molecular weight is 428 g/mol. The van der Waals surface area contributed by atoms with Crippen LogP contribution >= 0.6 is 0 Å². The zero-order valence-corrected chi connectivity index (χ0v) is 16.7. The van der Waals surface area contributed by atoms with E-state index in [1.165, 1.54) is 46.4 Å². The first-order chi connectivity index (χ1) is 14.8. The number of guanidine groups is 1. The Morgan fingerprint density at radius 2 is 1.74 bits per heavy atom. The molecule has 160 valence electrons. The summed E-state index contributed by atoms with van der Waals surface area (Å²) in [5.74, 6) is 4.52. The van der Waals surface area contributed by atoms with Crippen LogP contribution in [0.25, 0.3) is 0 Å². The molecule has 0 saturated heterocycles. The molecule has 0 radical (unpaired) electrons. The summed E-state index contributed by atoms with van der Waals surface area (Å²) in [6, 6.07) is 8.68. The maximum atomic E-state index is 14.9. The van der Waals surface area contributed by atoms with Crippen molar-refractivity contribution in [2.75, 3.05) is 19.0 Å². The van der Waals surface area contributed by atoms with Gasteiger partial charge in [-0.3, -0.25) is 5.01 Å². The lowest BCUT2D eigenvalue weighted by atomic mass is 10.1. The molecule has 0 aliphatic carbocycles. The average Bonchev–Trinajstić information content (AvgIpc) is 3.10. The van der Waals surface area contributed by atoms with E-state index >= 15 is 0 Å². The molecule has 1 atom stereocenters. The monoisotopic (exact) mass is 428 g/mol. The predicted molar refractivity (Wildman–Crippen MR) is 111 cm³/mol. The summed E-state index contributed by atoms with van der Waals surface area (Å²) >= 11 is 0. The van der Waals surface area contributed by atoms with E-state index < -0.39 is 23.6 Å². The van der Waals surface area contributed by atoms with Crippen molar-refractivity contribution in [1.82, 2.24) is 9.91 Å². The van der Waals surface area contributed by atoms with Crippen LogP contribution in [-0.4, -0.2) is 47.0 Å². The molecular formula is C21H19F3N6O. The number of fused-ring (bicyclic) bond motifs is 1. The molecular weight excluding hydrogens is 409 g/mol. The van der Waals surface area contributed by atoms with Gasteiger partial charge < -0.3 is 15.0 Å². The third-order valence-electron chi connectivity index (χ3n) is 4.97. The van der Waals surface area contributed by atoms with E-state index in [0.29, 0.717) is 17.1 Å². The number of oxime groups is 1. The third kappa shape index (κ3) is 3.40. The molecule has 0 bridgehead atoms. The minimum atomic E-state index is -0.867. The van der Waals surface area contributed by atoms with E-state index in [2.05, 4.69) is 10.1 Å². The van der Waals surface area contributed by atoms with Gasteiger partial charge in [0, 0.05) is 31.4 Å². The fourth-order valence-corrected chi connectivity index (χ4v) is 3.64. The number of hydrazine groups is 1. The Morgan fingerprint density at radius 1 is 1.10 bits per heavy atom. The first-order valence-corrected chi connectivity index (χ1v) is 9.26. The van der Waals surface area contributed by atoms with Gasteiger partial charge in [0.1, 0.15) is 28.9 Å². The predicted octanol–water partition coefficient (Wildman–Crippen LogP) is 3.00. The van der Waals surface area contributed by atoms with Crippen molar-refractivity contribution in [3.05, 3.63) is 89.0 Å². The summed E-state index contributed by atoms with van der Waals surface area (Å²) in [6.07, 6.45) is 2.24. The van der Waals surface area contributed by atoms with E-state index in [4.69, 9.17) is 5.84 Å². The van der Waals surface area contributed by atoms with Crippen LogP contribution in [0, 0.1) is 17.5 Å². The number of allylic oxidation sites excluding steroid dienone is 1. The minimum Gasteiger partial charge on any atom is -0.410 e. The number of para-hydroxylation sites is 1. The van der Waals surface area contributed by atoms with E-state index in [0.717, 1.165) is 12.1 Å². The van der Waals surface area contributed by atoms with Crippen LogP contribution in [0.4, 0.5) is 18.9 Å². The van der Waals surface area contributed by atoms with Crippen molar-refractivity contribution >= 4 is 17.4 Å². The molecule has 2 aliphatic rings. The number of halogens is 3. The normalized spacial score (nSPS) is 18.5. The molecule has 4 rings (SSSR count). The summed E-state index contributed by atoms with van der Waals surface area (Å²) < 4.78 is 43.1. The lowest BCUT2D eigenvalue weighted by Gasteiger charge is -2.40. The van der Waals surface area contributed by atoms with Crippen LogP contribution in [0.5, 0.6) is 0 Å². The maximum Gasteiger partial charge on any atom is 0.217 e. The van der Waals surface area contributed by atoms with Gasteiger partial charge in [0.15, 0.2) is 6.17 Å². The van der Waals surface area contributed by atoms with Gasteiger partial charge >= 0.3 is 0 Å². The summed E-state index contributed by atoms with van der Waals surface area (Å²) in [5.41, 5.74) is 0.640. The molecule has 7 nitrogen and oxygen atoms in total. The van der Waals surface area contributed by atoms with Gasteiger partial charge in [-0.15, -0.1) is 0 Å². The Labute approximate surface area is 176 Å². The molecule has 2 aromatic carbocycles. The second-order valence-corrected chi connectivity index (χ2v) is 7.16. The molecule has 0 spiro atoms. The van der Waals surface area contributed by atoms with Crippen LogP contribution in [0.1, 0.15) is 5.56 Å². The Hall–Kier alpha value is -3.79. The number of anilines is 1. The number of aliphatic imine (C=N–C) groups is 1. The van der Waals surface area contributed by atoms with Crippen molar-refractivity contribution in [2.45, 2.75) is 6.17 Å². The van der Waals surface area contributed by atoms with Crippen molar-refractivity contribution in [3.8, 4) is 0 Å². The van der Waals surface area contributed by atoms with Crippen LogP contribution in [-0.2, 0) is 0 Å². The standard InChI is InChI=1S/C21H19F3N6O/c1-28(2)21-26-11-13-10-17(18(27-31)12-6-8-14(22)9-7-12)29(20(13)30(21)25)19-15(23)4-3-5-16(19)24/h3-11,20,31H,25H2,1-2H3/b27-18+. The van der Waals surface area contributed by atoms with Crippen molar-refractivity contribution < 1.29 is 18.4 Å². The van der Waals surface area contributed by atoms with Gasteiger partial charge in [0.2, 0.25) is 5.96 Å². The van der Waals surface area contributed by atoms with Gasteiger partial charge in [-0.1, -0.05) is 11.2 Å². The maximum absolute atomic E-state index is 14.9. The Kier molecular flexibility index (Phi) is 5.15. The molecule has 0 aromatic heterocycles. The number of nitrogens with zero attached hydrogens (tertiary/aromatic N) is 5. The van der Waals surface area contributed by atoms with Gasteiger partial charge in [0.05, 0.1) is 5.70 Å². The number of hydrogen-bond acceptors (Lipinski definition) is 7. The fraction of sp³-hybridized carbons (Fsp3) is 0.143. The zero-order valence-electron chi connectivity index (χ0n) is 16.7. The van der Waals surface area contributed by atoms with Crippen LogP contribution in [0.2, 0.25) is 0 Å². The van der Waals surface area contributed by atoms with Crippen molar-refractivity contribution in [2.24, 2.45) is 16.0 Å². The van der Waals surface area contributed by atoms with Gasteiger partial charge in [-0.05, 0) is 42.5 Å². The molecule has 2 aliphatic heterocycles. The highest BCUT2D eigenvalue weighted by atomic mass is 19.1. The molecule has 10 heteroatoms. The summed E-state index contributed by atoms with van der Waals surface area (Å²) in [7, 11) is 3.46. The summed E-state index contributed by atoms with van der Waals surface area (Å²) in [6.45, 7) is 0. The quantitative estimate of drug-likeness (QED) is 0.340. The molecule has 0 fully saturated rings. The summed E-state index contributed by atoms with van der Waals surface area (Å²) in [4.78, 5) is 7.25. The number of hydrogen-bond donors (Lipinski definition) is 2. The van der Waals surface area contributed by atoms with Gasteiger partial charge in [-0.25, -0.2) is 24.0 Å². The molecule has 0 amide bonds. The lowest BCUT2D eigenvalue weighted by Crippen LogP contribution is -2.58. The second kappa shape index (κ2) is 7.80. The Morgan fingerprint density at radius 3 is 2.32 bits per heavy atom. The smallest absolute Gasteiger partial charge is 0.217 e. The minimum absolute atomic E-state index is 0.0160.